The minimum absolute atomic E-state index is 0.0120. The summed E-state index contributed by atoms with van der Waals surface area (Å²) in [5.41, 5.74) is 1.38. The van der Waals surface area contributed by atoms with Crippen LogP contribution in [0.1, 0.15) is 41.6 Å². The molecule has 8 heteroatoms. The van der Waals surface area contributed by atoms with Crippen molar-refractivity contribution in [3.63, 3.8) is 0 Å². The van der Waals surface area contributed by atoms with Crippen molar-refractivity contribution >= 4 is 27.0 Å². The third kappa shape index (κ3) is 3.74. The minimum Gasteiger partial charge on any atom is -0.508 e. The zero-order valence-corrected chi connectivity index (χ0v) is 16.5. The molecule has 0 amide bonds. The number of nitrogens with one attached hydrogen (secondary N) is 1. The number of fused-ring (bicyclic) bond motifs is 1. The van der Waals surface area contributed by atoms with Crippen molar-refractivity contribution in [3.8, 4) is 5.75 Å². The molecule has 148 valence electrons. The molecule has 2 aromatic carbocycles. The Kier molecular flexibility index (Phi) is 5.44. The third-order valence-electron chi connectivity index (χ3n) is 4.41. The number of carbonyl (C=O) groups excluding carboxylic acids is 1. The van der Waals surface area contributed by atoms with Crippen LogP contribution in [0, 0.1) is 6.92 Å². The zero-order valence-electron chi connectivity index (χ0n) is 15.7. The third-order valence-corrected chi connectivity index (χ3v) is 5.95. The fourth-order valence-electron chi connectivity index (χ4n) is 2.98. The molecule has 1 atom stereocenters. The average molecular weight is 403 g/mol. The second-order valence-electron chi connectivity index (χ2n) is 6.34. The molecule has 0 radical (unpaired) electrons. The molecule has 0 aliphatic heterocycles. The van der Waals surface area contributed by atoms with Gasteiger partial charge in [0.2, 0.25) is 15.8 Å². The zero-order chi connectivity index (χ0) is 20.5. The van der Waals surface area contributed by atoms with E-state index in [-0.39, 0.29) is 23.0 Å². The highest BCUT2D eigenvalue weighted by Crippen LogP contribution is 2.29. The first-order chi connectivity index (χ1) is 13.2. The van der Waals surface area contributed by atoms with Crippen molar-refractivity contribution in [2.45, 2.75) is 31.7 Å². The Labute approximate surface area is 163 Å². The SMILES string of the molecule is CCOC(=O)c1oc2ccc(S(=O)(=O)NC(C)c3ccccc3O)cc2c1C. The molecule has 0 spiro atoms. The fourth-order valence-corrected chi connectivity index (χ4v) is 4.23. The molecular formula is C20H21NO6S. The molecule has 0 fully saturated rings. The number of rotatable bonds is 6. The summed E-state index contributed by atoms with van der Waals surface area (Å²) in [6.45, 7) is 5.22. The predicted octanol–water partition coefficient (Wildman–Crippen LogP) is 3.66. The van der Waals surface area contributed by atoms with Gasteiger partial charge in [0.05, 0.1) is 11.5 Å². The largest absolute Gasteiger partial charge is 0.508 e. The molecular weight excluding hydrogens is 382 g/mol. The lowest BCUT2D eigenvalue weighted by Gasteiger charge is -2.16. The maximum absolute atomic E-state index is 12.8. The molecule has 3 aromatic rings. The molecule has 0 bridgehead atoms. The number of hydrogen-bond acceptors (Lipinski definition) is 6. The van der Waals surface area contributed by atoms with Gasteiger partial charge in [-0.2, -0.15) is 0 Å². The highest BCUT2D eigenvalue weighted by Gasteiger charge is 2.23. The Balaban J connectivity index is 1.95. The van der Waals surface area contributed by atoms with Crippen LogP contribution in [-0.2, 0) is 14.8 Å². The Morgan fingerprint density at radius 2 is 1.96 bits per heavy atom. The van der Waals surface area contributed by atoms with E-state index < -0.39 is 22.0 Å². The molecule has 3 rings (SSSR count). The maximum Gasteiger partial charge on any atom is 0.374 e. The fraction of sp³-hybridized carbons (Fsp3) is 0.250. The summed E-state index contributed by atoms with van der Waals surface area (Å²) in [5, 5.41) is 10.4. The number of aromatic hydroxyl groups is 1. The lowest BCUT2D eigenvalue weighted by Crippen LogP contribution is -2.26. The number of sulfonamides is 1. The molecule has 0 saturated heterocycles. The number of hydrogen-bond donors (Lipinski definition) is 2. The van der Waals surface area contributed by atoms with Gasteiger partial charge in [0.25, 0.3) is 0 Å². The van der Waals surface area contributed by atoms with E-state index in [1.165, 1.54) is 24.3 Å². The van der Waals surface area contributed by atoms with Crippen LogP contribution >= 0.6 is 0 Å². The number of ether oxygens (including phenoxy) is 1. The first-order valence-electron chi connectivity index (χ1n) is 8.75. The smallest absolute Gasteiger partial charge is 0.374 e. The van der Waals surface area contributed by atoms with Crippen LogP contribution in [0.25, 0.3) is 11.0 Å². The summed E-state index contributed by atoms with van der Waals surface area (Å²) in [6.07, 6.45) is 0. The van der Waals surface area contributed by atoms with E-state index in [9.17, 15) is 18.3 Å². The van der Waals surface area contributed by atoms with Crippen LogP contribution in [0.4, 0.5) is 0 Å². The standard InChI is InChI=1S/C20H21NO6S/c1-4-26-20(23)19-12(2)16-11-14(9-10-18(16)27-19)28(24,25)21-13(3)15-7-5-6-8-17(15)22/h5-11,13,21-22H,4H2,1-3H3. The predicted molar refractivity (Wildman–Crippen MR) is 104 cm³/mol. The lowest BCUT2D eigenvalue weighted by atomic mass is 10.1. The summed E-state index contributed by atoms with van der Waals surface area (Å²) in [4.78, 5) is 12.0. The first kappa shape index (κ1) is 19.9. The first-order valence-corrected chi connectivity index (χ1v) is 10.2. The summed E-state index contributed by atoms with van der Waals surface area (Å²) in [5.74, 6) is -0.522. The van der Waals surface area contributed by atoms with Crippen LogP contribution in [0.2, 0.25) is 0 Å². The van der Waals surface area contributed by atoms with E-state index >= 15 is 0 Å². The van der Waals surface area contributed by atoms with Gasteiger partial charge >= 0.3 is 5.97 Å². The second-order valence-corrected chi connectivity index (χ2v) is 8.05. The Morgan fingerprint density at radius 3 is 2.64 bits per heavy atom. The summed E-state index contributed by atoms with van der Waals surface area (Å²) >= 11 is 0. The van der Waals surface area contributed by atoms with Gasteiger partial charge in [0, 0.05) is 22.6 Å². The number of para-hydroxylation sites is 1. The number of carbonyl (C=O) groups is 1. The number of benzene rings is 2. The number of phenolic OH excluding ortho intramolecular Hbond substituents is 1. The van der Waals surface area contributed by atoms with Crippen molar-refractivity contribution in [3.05, 3.63) is 59.4 Å². The number of esters is 1. The van der Waals surface area contributed by atoms with Gasteiger partial charge < -0.3 is 14.3 Å². The highest BCUT2D eigenvalue weighted by molar-refractivity contribution is 7.89. The number of furan rings is 1. The van der Waals surface area contributed by atoms with Gasteiger partial charge in [-0.1, -0.05) is 18.2 Å². The molecule has 1 heterocycles. The van der Waals surface area contributed by atoms with E-state index in [0.29, 0.717) is 22.1 Å². The second kappa shape index (κ2) is 7.65. The van der Waals surface area contributed by atoms with Gasteiger partial charge in [-0.3, -0.25) is 0 Å². The van der Waals surface area contributed by atoms with E-state index in [1.54, 1.807) is 39.0 Å². The molecule has 0 aliphatic carbocycles. The Bertz CT molecular complexity index is 1130. The van der Waals surface area contributed by atoms with Crippen molar-refractivity contribution in [1.29, 1.82) is 0 Å². The van der Waals surface area contributed by atoms with Crippen LogP contribution in [0.3, 0.4) is 0 Å². The number of aryl methyl sites for hydroxylation is 1. The van der Waals surface area contributed by atoms with E-state index in [4.69, 9.17) is 9.15 Å². The quantitative estimate of drug-likeness (QED) is 0.609. The van der Waals surface area contributed by atoms with Gasteiger partial charge in [-0.15, -0.1) is 0 Å². The van der Waals surface area contributed by atoms with Crippen molar-refractivity contribution in [2.75, 3.05) is 6.61 Å². The molecule has 2 N–H and O–H groups in total. The average Bonchev–Trinajstić information content (AvgIpc) is 2.98. The minimum atomic E-state index is -3.87. The molecule has 1 unspecified atom stereocenters. The topological polar surface area (TPSA) is 106 Å². The molecule has 0 aliphatic rings. The molecule has 28 heavy (non-hydrogen) atoms. The monoisotopic (exact) mass is 403 g/mol. The van der Waals surface area contributed by atoms with Crippen LogP contribution < -0.4 is 4.72 Å². The molecule has 7 nitrogen and oxygen atoms in total. The van der Waals surface area contributed by atoms with Gasteiger partial charge in [-0.25, -0.2) is 17.9 Å². The van der Waals surface area contributed by atoms with E-state index in [2.05, 4.69) is 4.72 Å². The van der Waals surface area contributed by atoms with Crippen molar-refractivity contribution < 1.29 is 27.5 Å². The van der Waals surface area contributed by atoms with Gasteiger partial charge in [-0.05, 0) is 45.0 Å². The number of phenols is 1. The van der Waals surface area contributed by atoms with E-state index in [0.717, 1.165) is 0 Å². The van der Waals surface area contributed by atoms with Crippen LogP contribution in [0.5, 0.6) is 5.75 Å². The summed E-state index contributed by atoms with van der Waals surface area (Å²) in [7, 11) is -3.87. The Hall–Kier alpha value is -2.84. The van der Waals surface area contributed by atoms with Crippen LogP contribution in [0.15, 0.2) is 51.8 Å². The highest BCUT2D eigenvalue weighted by atomic mass is 32.2. The van der Waals surface area contributed by atoms with E-state index in [1.807, 2.05) is 0 Å². The maximum atomic E-state index is 12.8. The lowest BCUT2D eigenvalue weighted by molar-refractivity contribution is 0.0491. The van der Waals surface area contributed by atoms with Crippen LogP contribution in [-0.4, -0.2) is 26.1 Å². The van der Waals surface area contributed by atoms with Gasteiger partial charge in [0.1, 0.15) is 11.3 Å². The van der Waals surface area contributed by atoms with Crippen molar-refractivity contribution in [1.82, 2.24) is 4.72 Å². The normalized spacial score (nSPS) is 12.8. The molecule has 1 aromatic heterocycles. The van der Waals surface area contributed by atoms with Crippen molar-refractivity contribution in [2.24, 2.45) is 0 Å². The summed E-state index contributed by atoms with van der Waals surface area (Å²) < 4.78 is 38.7. The Morgan fingerprint density at radius 1 is 1.25 bits per heavy atom. The summed E-state index contributed by atoms with van der Waals surface area (Å²) in [6, 6.07) is 10.3. The molecule has 0 saturated carbocycles. The van der Waals surface area contributed by atoms with Gasteiger partial charge in [0.15, 0.2) is 0 Å².